The van der Waals surface area contributed by atoms with E-state index >= 15 is 0 Å². The van der Waals surface area contributed by atoms with E-state index in [2.05, 4.69) is 20.2 Å². The van der Waals surface area contributed by atoms with Crippen LogP contribution in [0.5, 0.6) is 0 Å². The molecule has 0 fully saturated rings. The van der Waals surface area contributed by atoms with E-state index in [1.54, 1.807) is 24.9 Å². The number of aromatic nitrogens is 6. The van der Waals surface area contributed by atoms with Crippen molar-refractivity contribution in [2.24, 2.45) is 7.05 Å². The number of carboxylic acids is 1. The van der Waals surface area contributed by atoms with Gasteiger partial charge in [-0.15, -0.1) is 5.10 Å². The first-order valence-electron chi connectivity index (χ1n) is 7.12. The van der Waals surface area contributed by atoms with Crippen LogP contribution in [0.25, 0.3) is 17.0 Å². The first kappa shape index (κ1) is 16.0. The Morgan fingerprint density at radius 2 is 2.12 bits per heavy atom. The average molecular weight is 336 g/mol. The van der Waals surface area contributed by atoms with Crippen molar-refractivity contribution in [3.8, 4) is 11.3 Å². The highest BCUT2D eigenvalue weighted by Crippen LogP contribution is 2.26. The zero-order valence-corrected chi connectivity index (χ0v) is 12.9. The number of rotatable bonds is 5. The molecule has 24 heavy (non-hydrogen) atoms. The topological polar surface area (TPSA) is 98.2 Å². The van der Waals surface area contributed by atoms with Crippen LogP contribution in [0, 0.1) is 6.92 Å². The third-order valence-electron chi connectivity index (χ3n) is 3.68. The van der Waals surface area contributed by atoms with Gasteiger partial charge in [-0.1, -0.05) is 0 Å². The molecule has 0 aliphatic rings. The van der Waals surface area contributed by atoms with E-state index in [4.69, 9.17) is 5.11 Å². The van der Waals surface area contributed by atoms with Gasteiger partial charge < -0.3 is 5.11 Å². The van der Waals surface area contributed by atoms with Crippen molar-refractivity contribution >= 4 is 11.7 Å². The minimum Gasteiger partial charge on any atom is -0.481 e. The molecule has 0 spiro atoms. The molecule has 126 valence electrons. The Labute approximate surface area is 134 Å². The summed E-state index contributed by atoms with van der Waals surface area (Å²) in [7, 11) is 1.74. The number of aryl methyl sites for hydroxylation is 2. The van der Waals surface area contributed by atoms with Crippen molar-refractivity contribution in [2.45, 2.75) is 26.2 Å². The molecule has 0 saturated heterocycles. The van der Waals surface area contributed by atoms with Gasteiger partial charge in [-0.3, -0.25) is 9.48 Å². The molecule has 8 nitrogen and oxygen atoms in total. The maximum Gasteiger partial charge on any atom is 0.303 e. The molecule has 0 aromatic carbocycles. The summed E-state index contributed by atoms with van der Waals surface area (Å²) in [5.41, 5.74) is 1.36. The normalized spacial score (nSPS) is 11.5. The molecule has 3 heterocycles. The van der Waals surface area contributed by atoms with Crippen molar-refractivity contribution in [2.75, 3.05) is 0 Å². The van der Waals surface area contributed by atoms with Gasteiger partial charge in [0, 0.05) is 24.7 Å². The highest BCUT2D eigenvalue weighted by Gasteiger charge is 2.20. The summed E-state index contributed by atoms with van der Waals surface area (Å²) < 4.78 is 29.4. The summed E-state index contributed by atoms with van der Waals surface area (Å²) in [4.78, 5) is 19.0. The van der Waals surface area contributed by atoms with Crippen LogP contribution < -0.4 is 0 Å². The van der Waals surface area contributed by atoms with Crippen LogP contribution >= 0.6 is 0 Å². The van der Waals surface area contributed by atoms with Gasteiger partial charge in [0.15, 0.2) is 5.82 Å². The van der Waals surface area contributed by atoms with E-state index in [-0.39, 0.29) is 30.1 Å². The first-order chi connectivity index (χ1) is 11.4. The van der Waals surface area contributed by atoms with Crippen molar-refractivity contribution in [3.63, 3.8) is 0 Å². The van der Waals surface area contributed by atoms with E-state index < -0.39 is 12.4 Å². The lowest BCUT2D eigenvalue weighted by Gasteiger charge is -2.06. The monoisotopic (exact) mass is 336 g/mol. The predicted octanol–water partition coefficient (Wildman–Crippen LogP) is 1.79. The lowest BCUT2D eigenvalue weighted by Crippen LogP contribution is -2.03. The molecule has 1 N–H and O–H groups in total. The second-order valence-electron chi connectivity index (χ2n) is 5.27. The third kappa shape index (κ3) is 2.82. The van der Waals surface area contributed by atoms with Gasteiger partial charge in [0.25, 0.3) is 12.2 Å². The second kappa shape index (κ2) is 5.95. The number of carboxylic acid groups (broad SMARTS) is 1. The summed E-state index contributed by atoms with van der Waals surface area (Å²) in [5.74, 6) is -0.846. The van der Waals surface area contributed by atoms with Crippen molar-refractivity contribution < 1.29 is 18.7 Å². The van der Waals surface area contributed by atoms with Crippen LogP contribution in [0.2, 0.25) is 0 Å². The number of nitrogens with zero attached hydrogens (tertiary/aromatic N) is 6. The smallest absolute Gasteiger partial charge is 0.303 e. The molecule has 3 aromatic heterocycles. The summed E-state index contributed by atoms with van der Waals surface area (Å²) >= 11 is 0. The Kier molecular flexibility index (Phi) is 3.96. The summed E-state index contributed by atoms with van der Waals surface area (Å²) in [6.07, 6.45) is -1.37. The van der Waals surface area contributed by atoms with Crippen LogP contribution in [0.3, 0.4) is 0 Å². The minimum atomic E-state index is -2.78. The summed E-state index contributed by atoms with van der Waals surface area (Å²) in [6, 6.07) is 1.25. The SMILES string of the molecule is Cc1c(-c2cc(C(F)F)n3nc(CCC(=O)O)nc3n2)cnn1C. The van der Waals surface area contributed by atoms with Crippen LogP contribution in [-0.4, -0.2) is 40.4 Å². The molecule has 0 radical (unpaired) electrons. The van der Waals surface area contributed by atoms with Gasteiger partial charge >= 0.3 is 5.97 Å². The molecule has 0 aliphatic carbocycles. The number of halogens is 2. The first-order valence-corrected chi connectivity index (χ1v) is 7.12. The molecule has 0 unspecified atom stereocenters. The molecule has 10 heteroatoms. The number of hydrogen-bond donors (Lipinski definition) is 1. The second-order valence-corrected chi connectivity index (χ2v) is 5.27. The Morgan fingerprint density at radius 1 is 1.38 bits per heavy atom. The third-order valence-corrected chi connectivity index (χ3v) is 3.68. The average Bonchev–Trinajstić information content (AvgIpc) is 3.08. The van der Waals surface area contributed by atoms with E-state index in [1.165, 1.54) is 6.07 Å². The lowest BCUT2D eigenvalue weighted by atomic mass is 10.1. The standard InChI is InChI=1S/C14H14F2N6O2/c1-7-8(6-17-21(7)2)9-5-10(13(15)16)22-14(18-9)19-11(20-22)3-4-12(23)24/h5-6,13H,3-4H2,1-2H3,(H,23,24). The highest BCUT2D eigenvalue weighted by molar-refractivity contribution is 5.67. The molecule has 0 atom stereocenters. The van der Waals surface area contributed by atoms with E-state index in [0.29, 0.717) is 11.3 Å². The van der Waals surface area contributed by atoms with Gasteiger partial charge in [0.05, 0.1) is 18.3 Å². The maximum atomic E-state index is 13.4. The van der Waals surface area contributed by atoms with Crippen molar-refractivity contribution in [3.05, 3.63) is 29.5 Å². The largest absolute Gasteiger partial charge is 0.481 e. The van der Waals surface area contributed by atoms with Crippen molar-refractivity contribution in [1.29, 1.82) is 0 Å². The van der Waals surface area contributed by atoms with Crippen LogP contribution in [0.4, 0.5) is 8.78 Å². The van der Waals surface area contributed by atoms with Gasteiger partial charge in [-0.2, -0.15) is 14.6 Å². The predicted molar refractivity (Wildman–Crippen MR) is 78.6 cm³/mol. The fourth-order valence-electron chi connectivity index (χ4n) is 2.30. The van der Waals surface area contributed by atoms with Gasteiger partial charge in [-0.25, -0.2) is 13.8 Å². The molecule has 0 bridgehead atoms. The molecule has 0 aliphatic heterocycles. The number of alkyl halides is 2. The number of fused-ring (bicyclic) bond motifs is 1. The highest BCUT2D eigenvalue weighted by atomic mass is 19.3. The number of carbonyl (C=O) groups is 1. The number of aliphatic carboxylic acids is 1. The van der Waals surface area contributed by atoms with Crippen molar-refractivity contribution in [1.82, 2.24) is 29.4 Å². The van der Waals surface area contributed by atoms with Crippen LogP contribution in [0.15, 0.2) is 12.3 Å². The Bertz CT molecular complexity index is 918. The van der Waals surface area contributed by atoms with E-state index in [0.717, 1.165) is 10.2 Å². The Hall–Kier alpha value is -2.91. The molecule has 0 amide bonds. The zero-order chi connectivity index (χ0) is 17.4. The molecular weight excluding hydrogens is 322 g/mol. The molecular formula is C14H14F2N6O2. The zero-order valence-electron chi connectivity index (χ0n) is 12.9. The fourth-order valence-corrected chi connectivity index (χ4v) is 2.30. The molecule has 3 aromatic rings. The van der Waals surface area contributed by atoms with E-state index in [9.17, 15) is 13.6 Å². The fraction of sp³-hybridized carbons (Fsp3) is 0.357. The summed E-state index contributed by atoms with van der Waals surface area (Å²) in [5, 5.41) is 16.7. The Morgan fingerprint density at radius 3 is 2.71 bits per heavy atom. The van der Waals surface area contributed by atoms with Crippen LogP contribution in [-0.2, 0) is 18.3 Å². The molecule has 0 saturated carbocycles. The molecule has 3 rings (SSSR count). The van der Waals surface area contributed by atoms with E-state index in [1.807, 2.05) is 0 Å². The van der Waals surface area contributed by atoms with Crippen LogP contribution in [0.1, 0.15) is 30.1 Å². The quantitative estimate of drug-likeness (QED) is 0.763. The number of hydrogen-bond acceptors (Lipinski definition) is 5. The lowest BCUT2D eigenvalue weighted by molar-refractivity contribution is -0.137. The van der Waals surface area contributed by atoms with Gasteiger partial charge in [-0.05, 0) is 13.0 Å². The van der Waals surface area contributed by atoms with Gasteiger partial charge in [0.1, 0.15) is 5.69 Å². The Balaban J connectivity index is 2.12. The van der Waals surface area contributed by atoms with Gasteiger partial charge in [0.2, 0.25) is 0 Å². The maximum absolute atomic E-state index is 13.4. The summed E-state index contributed by atoms with van der Waals surface area (Å²) in [6.45, 7) is 1.80. The minimum absolute atomic E-state index is 0.00596.